The zero-order valence-corrected chi connectivity index (χ0v) is 12.6. The molecule has 2 saturated carbocycles. The van der Waals surface area contributed by atoms with Crippen LogP contribution in [0.4, 0.5) is 0 Å². The van der Waals surface area contributed by atoms with E-state index in [9.17, 15) is 14.4 Å². The summed E-state index contributed by atoms with van der Waals surface area (Å²) in [4.78, 5) is 37.4. The summed E-state index contributed by atoms with van der Waals surface area (Å²) >= 11 is 0. The normalized spacial score (nSPS) is 30.4. The molecule has 2 aliphatic rings. The van der Waals surface area contributed by atoms with E-state index < -0.39 is 5.41 Å². The maximum Gasteiger partial charge on any atom is 0.163 e. The fourth-order valence-electron chi connectivity index (χ4n) is 4.04. The molecule has 0 heterocycles. The fourth-order valence-corrected chi connectivity index (χ4v) is 4.04. The molecule has 0 aliphatic heterocycles. The molecule has 0 aromatic heterocycles. The van der Waals surface area contributed by atoms with Gasteiger partial charge in [-0.1, -0.05) is 36.4 Å². The standard InChI is InChI=1S/C19H20O3/c1-2-9-19-10-8-14(15(18(19)22)12-17(19)21)11-16(20)13-6-4-3-5-7-13/h2-7,14-15H,1,8-12H2/t14-,15+,19+/m0/s1. The van der Waals surface area contributed by atoms with Gasteiger partial charge < -0.3 is 0 Å². The number of hydrogen-bond acceptors (Lipinski definition) is 3. The summed E-state index contributed by atoms with van der Waals surface area (Å²) in [6, 6.07) is 9.16. The topological polar surface area (TPSA) is 51.2 Å². The number of carbonyl (C=O) groups excluding carboxylic acids is 3. The van der Waals surface area contributed by atoms with Crippen LogP contribution in [0.3, 0.4) is 0 Å². The largest absolute Gasteiger partial charge is 0.299 e. The van der Waals surface area contributed by atoms with E-state index in [-0.39, 0.29) is 29.2 Å². The highest BCUT2D eigenvalue weighted by atomic mass is 16.2. The molecule has 0 N–H and O–H groups in total. The second-order valence-electron chi connectivity index (χ2n) is 6.47. The van der Waals surface area contributed by atoms with Gasteiger partial charge >= 0.3 is 0 Å². The van der Waals surface area contributed by atoms with Gasteiger partial charge in [-0.25, -0.2) is 0 Å². The number of rotatable bonds is 5. The molecule has 0 unspecified atom stereocenters. The van der Waals surface area contributed by atoms with Gasteiger partial charge in [-0.2, -0.15) is 0 Å². The number of hydrogen-bond donors (Lipinski definition) is 0. The SMILES string of the molecule is C=CC[C@@]12CC[C@@H](CC(=O)c3ccccc3)[C@@H](CC1=O)C2=O. The first-order chi connectivity index (χ1) is 10.6. The molecule has 114 valence electrons. The van der Waals surface area contributed by atoms with Crippen LogP contribution in [0.5, 0.6) is 0 Å². The smallest absolute Gasteiger partial charge is 0.163 e. The van der Waals surface area contributed by atoms with Crippen molar-refractivity contribution in [2.75, 3.05) is 0 Å². The van der Waals surface area contributed by atoms with Crippen molar-refractivity contribution in [3.05, 3.63) is 48.6 Å². The molecule has 0 spiro atoms. The van der Waals surface area contributed by atoms with Gasteiger partial charge in [0.25, 0.3) is 0 Å². The van der Waals surface area contributed by atoms with E-state index >= 15 is 0 Å². The summed E-state index contributed by atoms with van der Waals surface area (Å²) in [6.07, 6.45) is 4.12. The molecule has 1 aromatic carbocycles. The van der Waals surface area contributed by atoms with E-state index in [1.165, 1.54) is 0 Å². The second-order valence-corrected chi connectivity index (χ2v) is 6.47. The maximum atomic E-state index is 12.7. The summed E-state index contributed by atoms with van der Waals surface area (Å²) in [6.45, 7) is 3.68. The van der Waals surface area contributed by atoms with E-state index in [1.54, 1.807) is 18.2 Å². The fraction of sp³-hybridized carbons (Fsp3) is 0.421. The van der Waals surface area contributed by atoms with Crippen LogP contribution >= 0.6 is 0 Å². The van der Waals surface area contributed by atoms with Crippen LogP contribution in [0.1, 0.15) is 42.5 Å². The maximum absolute atomic E-state index is 12.7. The van der Waals surface area contributed by atoms with Crippen molar-refractivity contribution >= 4 is 17.3 Å². The molecule has 2 bridgehead atoms. The van der Waals surface area contributed by atoms with Crippen LogP contribution in [0.15, 0.2) is 43.0 Å². The van der Waals surface area contributed by atoms with Gasteiger partial charge in [-0.05, 0) is 25.2 Å². The second kappa shape index (κ2) is 5.64. The van der Waals surface area contributed by atoms with Gasteiger partial charge in [0.05, 0.1) is 5.41 Å². The first-order valence-corrected chi connectivity index (χ1v) is 7.85. The Balaban J connectivity index is 1.76. The Hall–Kier alpha value is -2.03. The van der Waals surface area contributed by atoms with E-state index in [0.717, 1.165) is 6.42 Å². The lowest BCUT2D eigenvalue weighted by Crippen LogP contribution is -2.40. The highest BCUT2D eigenvalue weighted by Gasteiger charge is 2.58. The molecule has 0 amide bonds. The lowest BCUT2D eigenvalue weighted by atomic mass is 9.67. The molecule has 3 rings (SSSR count). The Labute approximate surface area is 130 Å². The molecule has 3 heteroatoms. The number of benzene rings is 1. The first kappa shape index (κ1) is 14.9. The molecule has 0 saturated heterocycles. The highest BCUT2D eigenvalue weighted by molar-refractivity contribution is 6.15. The van der Waals surface area contributed by atoms with E-state index in [0.29, 0.717) is 31.2 Å². The van der Waals surface area contributed by atoms with Crippen LogP contribution in [0.2, 0.25) is 0 Å². The van der Waals surface area contributed by atoms with Crippen LogP contribution < -0.4 is 0 Å². The lowest BCUT2D eigenvalue weighted by Gasteiger charge is -2.33. The summed E-state index contributed by atoms with van der Waals surface area (Å²) < 4.78 is 0. The minimum Gasteiger partial charge on any atom is -0.299 e. The van der Waals surface area contributed by atoms with Crippen molar-refractivity contribution in [3.8, 4) is 0 Å². The summed E-state index contributed by atoms with van der Waals surface area (Å²) in [5, 5.41) is 0. The number of allylic oxidation sites excluding steroid dienone is 1. The van der Waals surface area contributed by atoms with Gasteiger partial charge in [-0.3, -0.25) is 14.4 Å². The Kier molecular flexibility index (Phi) is 3.81. The van der Waals surface area contributed by atoms with Crippen molar-refractivity contribution in [1.29, 1.82) is 0 Å². The van der Waals surface area contributed by atoms with E-state index in [4.69, 9.17) is 0 Å². The van der Waals surface area contributed by atoms with Gasteiger partial charge in [0.15, 0.2) is 11.6 Å². The van der Waals surface area contributed by atoms with E-state index in [1.807, 2.05) is 18.2 Å². The molecule has 0 radical (unpaired) electrons. The molecule has 22 heavy (non-hydrogen) atoms. The average Bonchev–Trinajstić information content (AvgIpc) is 2.68. The summed E-state index contributed by atoms with van der Waals surface area (Å²) in [5.41, 5.74) is -0.138. The van der Waals surface area contributed by atoms with Crippen molar-refractivity contribution in [2.45, 2.75) is 32.1 Å². The summed E-state index contributed by atoms with van der Waals surface area (Å²) in [5.74, 6) is -0.0981. The molecule has 2 fully saturated rings. The highest BCUT2D eigenvalue weighted by Crippen LogP contribution is 2.51. The van der Waals surface area contributed by atoms with E-state index in [2.05, 4.69) is 6.58 Å². The Morgan fingerprint density at radius 2 is 2.00 bits per heavy atom. The van der Waals surface area contributed by atoms with Crippen LogP contribution in [0, 0.1) is 17.3 Å². The average molecular weight is 296 g/mol. The molecular formula is C19H20O3. The minimum absolute atomic E-state index is 0.00426. The number of Topliss-reactive ketones (excluding diaryl/α,β-unsaturated/α-hetero) is 3. The Bertz CT molecular complexity index is 631. The quantitative estimate of drug-likeness (QED) is 0.475. The molecule has 3 nitrogen and oxygen atoms in total. The van der Waals surface area contributed by atoms with Crippen molar-refractivity contribution in [3.63, 3.8) is 0 Å². The van der Waals surface area contributed by atoms with Gasteiger partial charge in [0.1, 0.15) is 5.78 Å². The zero-order valence-electron chi connectivity index (χ0n) is 12.6. The third-order valence-corrected chi connectivity index (χ3v) is 5.29. The van der Waals surface area contributed by atoms with Crippen molar-refractivity contribution in [2.24, 2.45) is 17.3 Å². The third kappa shape index (κ3) is 2.25. The van der Waals surface area contributed by atoms with Crippen LogP contribution in [0.25, 0.3) is 0 Å². The van der Waals surface area contributed by atoms with Crippen LogP contribution in [-0.2, 0) is 9.59 Å². The number of ketones is 3. The van der Waals surface area contributed by atoms with Gasteiger partial charge in [0.2, 0.25) is 0 Å². The molecular weight excluding hydrogens is 276 g/mol. The minimum atomic E-state index is -0.821. The van der Waals surface area contributed by atoms with Crippen molar-refractivity contribution in [1.82, 2.24) is 0 Å². The van der Waals surface area contributed by atoms with Crippen molar-refractivity contribution < 1.29 is 14.4 Å². The third-order valence-electron chi connectivity index (χ3n) is 5.29. The number of fused-ring (bicyclic) bond motifs is 2. The molecule has 2 aliphatic carbocycles. The van der Waals surface area contributed by atoms with Crippen LogP contribution in [-0.4, -0.2) is 17.3 Å². The Morgan fingerprint density at radius 1 is 1.27 bits per heavy atom. The molecule has 1 aromatic rings. The first-order valence-electron chi connectivity index (χ1n) is 7.85. The summed E-state index contributed by atoms with van der Waals surface area (Å²) in [7, 11) is 0. The Morgan fingerprint density at radius 3 is 2.68 bits per heavy atom. The van der Waals surface area contributed by atoms with Gasteiger partial charge in [0, 0.05) is 24.3 Å². The zero-order chi connectivity index (χ0) is 15.7. The molecule has 3 atom stereocenters. The lowest BCUT2D eigenvalue weighted by molar-refractivity contribution is -0.139. The predicted molar refractivity (Wildman–Crippen MR) is 83.5 cm³/mol. The van der Waals surface area contributed by atoms with Gasteiger partial charge in [-0.15, -0.1) is 6.58 Å². The number of carbonyl (C=O) groups is 3. The monoisotopic (exact) mass is 296 g/mol. The predicted octanol–water partition coefficient (Wildman–Crippen LogP) is 3.39.